The summed E-state index contributed by atoms with van der Waals surface area (Å²) in [6, 6.07) is 0. The van der Waals surface area contributed by atoms with E-state index in [9.17, 15) is 4.39 Å². The predicted molar refractivity (Wildman–Crippen MR) is 54.2 cm³/mol. The van der Waals surface area contributed by atoms with Gasteiger partial charge in [0.15, 0.2) is 0 Å². The molecular formula is C10H25FO. The highest BCUT2D eigenvalue weighted by Crippen LogP contribution is 2.21. The van der Waals surface area contributed by atoms with E-state index in [0.717, 1.165) is 5.92 Å². The Labute approximate surface area is 76.7 Å². The van der Waals surface area contributed by atoms with E-state index in [1.165, 1.54) is 32.1 Å². The molecule has 1 saturated carbocycles. The Morgan fingerprint density at radius 2 is 1.25 bits per heavy atom. The second-order valence-electron chi connectivity index (χ2n) is 2.74. The quantitative estimate of drug-likeness (QED) is 0.547. The first-order chi connectivity index (χ1) is 5.39. The summed E-state index contributed by atoms with van der Waals surface area (Å²) in [7, 11) is 0.500. The topological polar surface area (TPSA) is 31.5 Å². The van der Waals surface area contributed by atoms with E-state index in [0.29, 0.717) is 7.18 Å². The third-order valence-corrected chi connectivity index (χ3v) is 1.89. The van der Waals surface area contributed by atoms with Gasteiger partial charge in [0.25, 0.3) is 0 Å². The van der Waals surface area contributed by atoms with E-state index in [1.807, 2.05) is 13.8 Å². The lowest BCUT2D eigenvalue weighted by Gasteiger charge is -2.15. The Balaban J connectivity index is -0.000000144. The lowest BCUT2D eigenvalue weighted by atomic mass is 9.91. The Morgan fingerprint density at radius 1 is 0.917 bits per heavy atom. The summed E-state index contributed by atoms with van der Waals surface area (Å²) in [5.41, 5.74) is 0. The molecule has 0 aliphatic heterocycles. The largest absolute Gasteiger partial charge is 0.412 e. The van der Waals surface area contributed by atoms with Gasteiger partial charge in [0.2, 0.25) is 0 Å². The first kappa shape index (κ1) is 17.8. The first-order valence-electron chi connectivity index (χ1n) is 4.77. The molecule has 78 valence electrons. The maximum absolute atomic E-state index is 9.50. The smallest absolute Gasteiger partial charge is 0.0785 e. The van der Waals surface area contributed by atoms with Gasteiger partial charge in [-0.25, -0.2) is 0 Å². The molecule has 0 saturated heterocycles. The molecule has 0 amide bonds. The molecule has 1 rings (SSSR count). The van der Waals surface area contributed by atoms with Crippen LogP contribution >= 0.6 is 0 Å². The lowest BCUT2D eigenvalue weighted by molar-refractivity contribution is 0.385. The highest BCUT2D eigenvalue weighted by molar-refractivity contribution is 4.59. The van der Waals surface area contributed by atoms with Crippen LogP contribution in [0.1, 0.15) is 52.9 Å². The van der Waals surface area contributed by atoms with E-state index >= 15 is 0 Å². The molecule has 2 N–H and O–H groups in total. The molecule has 0 spiro atoms. The number of halogens is 1. The maximum Gasteiger partial charge on any atom is 0.0785 e. The van der Waals surface area contributed by atoms with Crippen LogP contribution in [-0.2, 0) is 0 Å². The zero-order chi connectivity index (χ0) is 9.11. The number of rotatable bonds is 0. The maximum atomic E-state index is 9.50. The molecule has 0 heterocycles. The molecule has 0 bridgehead atoms. The van der Waals surface area contributed by atoms with E-state index in [4.69, 9.17) is 0 Å². The van der Waals surface area contributed by atoms with Gasteiger partial charge in [0.1, 0.15) is 0 Å². The van der Waals surface area contributed by atoms with Crippen molar-refractivity contribution in [1.29, 1.82) is 0 Å². The second-order valence-corrected chi connectivity index (χ2v) is 2.74. The molecule has 1 aliphatic rings. The van der Waals surface area contributed by atoms with Crippen molar-refractivity contribution in [2.75, 3.05) is 7.18 Å². The molecule has 1 aliphatic carbocycles. The minimum Gasteiger partial charge on any atom is -0.412 e. The van der Waals surface area contributed by atoms with Crippen LogP contribution in [0.2, 0.25) is 0 Å². The van der Waals surface area contributed by atoms with Gasteiger partial charge in [0.05, 0.1) is 7.18 Å². The third kappa shape index (κ3) is 12.6. The van der Waals surface area contributed by atoms with Crippen LogP contribution in [0.25, 0.3) is 0 Å². The second kappa shape index (κ2) is 17.1. The van der Waals surface area contributed by atoms with Gasteiger partial charge >= 0.3 is 0 Å². The molecule has 1 nitrogen and oxygen atoms in total. The molecular weight excluding hydrogens is 155 g/mol. The highest BCUT2D eigenvalue weighted by Gasteiger charge is 2.05. The molecule has 1 fully saturated rings. The van der Waals surface area contributed by atoms with Crippen molar-refractivity contribution in [3.63, 3.8) is 0 Å². The number of hydrogen-bond donors (Lipinski definition) is 0. The Morgan fingerprint density at radius 3 is 1.42 bits per heavy atom. The fourth-order valence-electron chi connectivity index (χ4n) is 1.31. The molecule has 2 heteroatoms. The minimum atomic E-state index is 0. The fourth-order valence-corrected chi connectivity index (χ4v) is 1.31. The van der Waals surface area contributed by atoms with Gasteiger partial charge in [-0.1, -0.05) is 52.9 Å². The van der Waals surface area contributed by atoms with E-state index in [-0.39, 0.29) is 5.48 Å². The zero-order valence-corrected chi connectivity index (χ0v) is 8.99. The van der Waals surface area contributed by atoms with Crippen LogP contribution in [0.5, 0.6) is 0 Å². The summed E-state index contributed by atoms with van der Waals surface area (Å²) in [6.07, 6.45) is 7.44. The van der Waals surface area contributed by atoms with Crippen LogP contribution in [0.4, 0.5) is 4.39 Å². The van der Waals surface area contributed by atoms with Crippen molar-refractivity contribution in [3.05, 3.63) is 0 Å². The number of hydrogen-bond acceptors (Lipinski definition) is 0. The molecule has 0 aromatic heterocycles. The Kier molecular flexibility index (Phi) is 25.4. The summed E-state index contributed by atoms with van der Waals surface area (Å²) in [5, 5.41) is 0. The summed E-state index contributed by atoms with van der Waals surface area (Å²) >= 11 is 0. The average Bonchev–Trinajstić information content (AvgIpc) is 2.13. The van der Waals surface area contributed by atoms with Crippen LogP contribution < -0.4 is 0 Å². The van der Waals surface area contributed by atoms with Crippen molar-refractivity contribution in [1.82, 2.24) is 0 Å². The van der Waals surface area contributed by atoms with Crippen LogP contribution in [0, 0.1) is 5.92 Å². The van der Waals surface area contributed by atoms with Crippen molar-refractivity contribution >= 4 is 0 Å². The minimum absolute atomic E-state index is 0. The van der Waals surface area contributed by atoms with Gasteiger partial charge in [0, 0.05) is 0 Å². The van der Waals surface area contributed by atoms with Crippen molar-refractivity contribution in [2.45, 2.75) is 52.9 Å². The van der Waals surface area contributed by atoms with Crippen LogP contribution in [0.15, 0.2) is 0 Å². The zero-order valence-electron chi connectivity index (χ0n) is 8.99. The van der Waals surface area contributed by atoms with Crippen LogP contribution in [-0.4, -0.2) is 12.7 Å². The average molecular weight is 180 g/mol. The Hall–Kier alpha value is -0.110. The SMILES string of the molecule is CC.CC1CCCCC1.CF.O. The summed E-state index contributed by atoms with van der Waals surface area (Å²) in [6.45, 7) is 6.36. The molecule has 0 aromatic rings. The van der Waals surface area contributed by atoms with Gasteiger partial charge in [-0.05, 0) is 5.92 Å². The summed E-state index contributed by atoms with van der Waals surface area (Å²) in [5.74, 6) is 1.04. The van der Waals surface area contributed by atoms with Gasteiger partial charge in [-0.3, -0.25) is 4.39 Å². The highest BCUT2D eigenvalue weighted by atomic mass is 19.1. The monoisotopic (exact) mass is 180 g/mol. The molecule has 0 unspecified atom stereocenters. The van der Waals surface area contributed by atoms with Crippen molar-refractivity contribution in [2.24, 2.45) is 5.92 Å². The van der Waals surface area contributed by atoms with Gasteiger partial charge in [-0.2, -0.15) is 0 Å². The summed E-state index contributed by atoms with van der Waals surface area (Å²) < 4.78 is 9.50. The predicted octanol–water partition coefficient (Wildman–Crippen LogP) is 3.37. The molecule has 0 radical (unpaired) electrons. The molecule has 12 heavy (non-hydrogen) atoms. The Bertz CT molecular complexity index is 51.8. The first-order valence-corrected chi connectivity index (χ1v) is 4.77. The van der Waals surface area contributed by atoms with E-state index in [2.05, 4.69) is 6.92 Å². The summed E-state index contributed by atoms with van der Waals surface area (Å²) in [4.78, 5) is 0. The normalized spacial score (nSPS) is 15.8. The van der Waals surface area contributed by atoms with Crippen molar-refractivity contribution < 1.29 is 9.87 Å². The third-order valence-electron chi connectivity index (χ3n) is 1.89. The molecule has 0 aromatic carbocycles. The fraction of sp³-hybridized carbons (Fsp3) is 1.00. The van der Waals surface area contributed by atoms with Crippen LogP contribution in [0.3, 0.4) is 0 Å². The van der Waals surface area contributed by atoms with Gasteiger partial charge < -0.3 is 5.48 Å². The lowest BCUT2D eigenvalue weighted by Crippen LogP contribution is -1.99. The van der Waals surface area contributed by atoms with E-state index in [1.54, 1.807) is 0 Å². The number of alkyl halides is 1. The van der Waals surface area contributed by atoms with Crippen molar-refractivity contribution in [3.8, 4) is 0 Å². The molecule has 0 atom stereocenters. The standard InChI is InChI=1S/C7H14.C2H6.CH3F.H2O/c1-7-5-3-2-4-6-7;2*1-2;/h7H,2-6H2,1H3;1-2H3;1H3;1H2. The van der Waals surface area contributed by atoms with Gasteiger partial charge in [-0.15, -0.1) is 0 Å². The van der Waals surface area contributed by atoms with E-state index < -0.39 is 0 Å².